The number of hydrogen-bond acceptors (Lipinski definition) is 4. The van der Waals surface area contributed by atoms with Crippen molar-refractivity contribution in [1.29, 1.82) is 0 Å². The predicted octanol–water partition coefficient (Wildman–Crippen LogP) is 3.07. The molecule has 2 aromatic carbocycles. The molecule has 0 unspecified atom stereocenters. The fraction of sp³-hybridized carbons (Fsp3) is 0.150. The number of halogens is 2. The lowest BCUT2D eigenvalue weighted by molar-refractivity contribution is 0.420. The van der Waals surface area contributed by atoms with Gasteiger partial charge in [0.15, 0.2) is 11.2 Å². The van der Waals surface area contributed by atoms with Crippen LogP contribution in [0.4, 0.5) is 4.39 Å². The molecule has 0 bridgehead atoms. The number of imidazole rings is 1. The number of benzene rings is 2. The first kappa shape index (κ1) is 18.9. The number of para-hydroxylation sites is 1. The molecule has 0 aliphatic carbocycles. The van der Waals surface area contributed by atoms with Gasteiger partial charge in [0.05, 0.1) is 11.6 Å². The topological polar surface area (TPSA) is 71.1 Å². The molecule has 0 saturated heterocycles. The van der Waals surface area contributed by atoms with Crippen LogP contribution in [-0.4, -0.2) is 18.7 Å². The van der Waals surface area contributed by atoms with Crippen molar-refractivity contribution in [2.24, 2.45) is 14.1 Å². The molecular formula is C20H16ClFN4O3. The largest absolute Gasteiger partial charge is 0.424 e. The van der Waals surface area contributed by atoms with Crippen LogP contribution in [0.5, 0.6) is 11.8 Å². The van der Waals surface area contributed by atoms with Gasteiger partial charge in [0.2, 0.25) is 0 Å². The zero-order valence-electron chi connectivity index (χ0n) is 15.6. The summed E-state index contributed by atoms with van der Waals surface area (Å²) in [5.41, 5.74) is -0.480. The normalized spacial score (nSPS) is 11.2. The van der Waals surface area contributed by atoms with E-state index in [-0.39, 0.29) is 23.7 Å². The lowest BCUT2D eigenvalue weighted by Crippen LogP contribution is -2.37. The number of aryl methyl sites for hydroxylation is 1. The van der Waals surface area contributed by atoms with Crippen LogP contribution in [0.2, 0.25) is 5.02 Å². The second kappa shape index (κ2) is 7.21. The second-order valence-electron chi connectivity index (χ2n) is 6.48. The van der Waals surface area contributed by atoms with E-state index in [1.165, 1.54) is 29.3 Å². The number of rotatable bonds is 4. The van der Waals surface area contributed by atoms with Crippen molar-refractivity contribution in [2.75, 3.05) is 0 Å². The van der Waals surface area contributed by atoms with Crippen LogP contribution >= 0.6 is 11.6 Å². The smallest absolute Gasteiger partial charge is 0.332 e. The third-order valence-electron chi connectivity index (χ3n) is 4.64. The number of ether oxygens (including phenoxy) is 1. The summed E-state index contributed by atoms with van der Waals surface area (Å²) in [6, 6.07) is 13.0. The van der Waals surface area contributed by atoms with Gasteiger partial charge in [-0.25, -0.2) is 9.18 Å². The van der Waals surface area contributed by atoms with E-state index < -0.39 is 17.1 Å². The Bertz CT molecular complexity index is 1360. The van der Waals surface area contributed by atoms with Gasteiger partial charge >= 0.3 is 11.7 Å². The summed E-state index contributed by atoms with van der Waals surface area (Å²) in [4.78, 5) is 29.5. The maximum Gasteiger partial charge on any atom is 0.332 e. The van der Waals surface area contributed by atoms with Gasteiger partial charge in [-0.05, 0) is 18.2 Å². The lowest BCUT2D eigenvalue weighted by Gasteiger charge is -2.11. The molecule has 2 aromatic heterocycles. The standard InChI is InChI=1S/C20H16ClFN4O3/c1-24-17-16(18(27)25(2)20(24)28)26(11-12-7-3-5-9-14(12)22)19(23-17)29-15-10-6-4-8-13(15)21/h3-10H,11H2,1-2H3. The molecule has 0 amide bonds. The van der Waals surface area contributed by atoms with Crippen molar-refractivity contribution in [3.8, 4) is 11.8 Å². The summed E-state index contributed by atoms with van der Waals surface area (Å²) >= 11 is 6.18. The Hall–Kier alpha value is -3.39. The van der Waals surface area contributed by atoms with Crippen molar-refractivity contribution >= 4 is 22.8 Å². The Morgan fingerprint density at radius 2 is 1.72 bits per heavy atom. The molecule has 29 heavy (non-hydrogen) atoms. The molecule has 0 spiro atoms. The molecule has 0 fully saturated rings. The van der Waals surface area contributed by atoms with Gasteiger partial charge in [-0.1, -0.05) is 41.9 Å². The minimum atomic E-state index is -0.555. The molecule has 9 heteroatoms. The lowest BCUT2D eigenvalue weighted by atomic mass is 10.2. The second-order valence-corrected chi connectivity index (χ2v) is 6.89. The average molecular weight is 415 g/mol. The van der Waals surface area contributed by atoms with Crippen LogP contribution < -0.4 is 16.0 Å². The van der Waals surface area contributed by atoms with Gasteiger partial charge < -0.3 is 4.74 Å². The highest BCUT2D eigenvalue weighted by atomic mass is 35.5. The van der Waals surface area contributed by atoms with Crippen LogP contribution in [0, 0.1) is 5.82 Å². The maximum absolute atomic E-state index is 14.3. The summed E-state index contributed by atoms with van der Waals surface area (Å²) in [6.07, 6.45) is 0. The third-order valence-corrected chi connectivity index (χ3v) is 4.95. The van der Waals surface area contributed by atoms with E-state index in [1.54, 1.807) is 42.5 Å². The molecule has 0 radical (unpaired) electrons. The van der Waals surface area contributed by atoms with Crippen molar-refractivity contribution in [1.82, 2.24) is 18.7 Å². The van der Waals surface area contributed by atoms with E-state index in [4.69, 9.17) is 16.3 Å². The van der Waals surface area contributed by atoms with Crippen LogP contribution in [0.15, 0.2) is 58.1 Å². The van der Waals surface area contributed by atoms with Gasteiger partial charge in [0, 0.05) is 19.7 Å². The van der Waals surface area contributed by atoms with E-state index >= 15 is 0 Å². The predicted molar refractivity (Wildman–Crippen MR) is 107 cm³/mol. The minimum Gasteiger partial charge on any atom is -0.424 e. The molecule has 0 aliphatic heterocycles. The molecule has 2 heterocycles. The molecule has 148 valence electrons. The minimum absolute atomic E-state index is 0.0175. The summed E-state index contributed by atoms with van der Waals surface area (Å²) in [7, 11) is 2.88. The Labute approximate surface area is 169 Å². The molecular weight excluding hydrogens is 399 g/mol. The Balaban J connectivity index is 1.99. The van der Waals surface area contributed by atoms with Crippen LogP contribution in [-0.2, 0) is 20.6 Å². The van der Waals surface area contributed by atoms with Gasteiger partial charge in [-0.2, -0.15) is 4.98 Å². The first-order valence-corrected chi connectivity index (χ1v) is 9.08. The van der Waals surface area contributed by atoms with Crippen molar-refractivity contribution in [3.05, 3.63) is 85.8 Å². The Morgan fingerprint density at radius 3 is 2.45 bits per heavy atom. The maximum atomic E-state index is 14.3. The highest BCUT2D eigenvalue weighted by Crippen LogP contribution is 2.30. The first-order chi connectivity index (χ1) is 13.9. The van der Waals surface area contributed by atoms with E-state index in [2.05, 4.69) is 4.98 Å². The molecule has 0 saturated carbocycles. The zero-order chi connectivity index (χ0) is 20.7. The fourth-order valence-electron chi connectivity index (χ4n) is 3.07. The first-order valence-electron chi connectivity index (χ1n) is 8.70. The Kier molecular flexibility index (Phi) is 4.71. The van der Waals surface area contributed by atoms with Gasteiger partial charge in [-0.15, -0.1) is 0 Å². The van der Waals surface area contributed by atoms with Gasteiger partial charge in [-0.3, -0.25) is 18.5 Å². The van der Waals surface area contributed by atoms with E-state index in [0.29, 0.717) is 16.3 Å². The number of hydrogen-bond donors (Lipinski definition) is 0. The summed E-state index contributed by atoms with van der Waals surface area (Å²) in [6.45, 7) is -0.0175. The molecule has 4 rings (SSSR count). The summed E-state index contributed by atoms with van der Waals surface area (Å²) in [5.74, 6) is -0.110. The zero-order valence-corrected chi connectivity index (χ0v) is 16.4. The quantitative estimate of drug-likeness (QED) is 0.514. The van der Waals surface area contributed by atoms with E-state index in [1.807, 2.05) is 0 Å². The van der Waals surface area contributed by atoms with E-state index in [9.17, 15) is 14.0 Å². The fourth-order valence-corrected chi connectivity index (χ4v) is 3.25. The van der Waals surface area contributed by atoms with Crippen LogP contribution in [0.3, 0.4) is 0 Å². The Morgan fingerprint density at radius 1 is 1.03 bits per heavy atom. The van der Waals surface area contributed by atoms with Crippen molar-refractivity contribution in [3.63, 3.8) is 0 Å². The number of fused-ring (bicyclic) bond motifs is 1. The number of nitrogens with zero attached hydrogens (tertiary/aromatic N) is 4. The SMILES string of the molecule is Cn1c(=O)c2c(nc(Oc3ccccc3Cl)n2Cc2ccccc2F)n(C)c1=O. The highest BCUT2D eigenvalue weighted by Gasteiger charge is 2.22. The van der Waals surface area contributed by atoms with Crippen molar-refractivity contribution in [2.45, 2.75) is 6.54 Å². The molecule has 4 aromatic rings. The molecule has 0 atom stereocenters. The molecule has 7 nitrogen and oxygen atoms in total. The average Bonchev–Trinajstić information content (AvgIpc) is 3.06. The molecule has 0 N–H and O–H groups in total. The van der Waals surface area contributed by atoms with Crippen molar-refractivity contribution < 1.29 is 9.13 Å². The monoisotopic (exact) mass is 414 g/mol. The van der Waals surface area contributed by atoms with E-state index in [0.717, 1.165) is 4.57 Å². The summed E-state index contributed by atoms with van der Waals surface area (Å²) in [5, 5.41) is 0.346. The molecule has 0 aliphatic rings. The van der Waals surface area contributed by atoms with Crippen LogP contribution in [0.1, 0.15) is 5.56 Å². The summed E-state index contributed by atoms with van der Waals surface area (Å²) < 4.78 is 23.8. The van der Waals surface area contributed by atoms with Gasteiger partial charge in [0.1, 0.15) is 11.6 Å². The van der Waals surface area contributed by atoms with Crippen LogP contribution in [0.25, 0.3) is 11.2 Å². The third kappa shape index (κ3) is 3.21. The highest BCUT2D eigenvalue weighted by molar-refractivity contribution is 6.32. The van der Waals surface area contributed by atoms with Gasteiger partial charge in [0.25, 0.3) is 5.56 Å². The number of aromatic nitrogens is 4.